The van der Waals surface area contributed by atoms with E-state index in [2.05, 4.69) is 10.9 Å². The highest BCUT2D eigenvalue weighted by atomic mass is 35.5. The highest BCUT2D eigenvalue weighted by molar-refractivity contribution is 5.85. The van der Waals surface area contributed by atoms with Crippen molar-refractivity contribution < 1.29 is 9.53 Å². The molecule has 1 aromatic rings. The van der Waals surface area contributed by atoms with Crippen molar-refractivity contribution in [2.45, 2.75) is 19.4 Å². The van der Waals surface area contributed by atoms with Crippen molar-refractivity contribution in [3.63, 3.8) is 0 Å². The van der Waals surface area contributed by atoms with Crippen LogP contribution in [-0.2, 0) is 6.42 Å². The summed E-state index contributed by atoms with van der Waals surface area (Å²) in [6.45, 7) is 1.95. The molecule has 0 saturated carbocycles. The lowest BCUT2D eigenvalue weighted by Gasteiger charge is -2.15. The lowest BCUT2D eigenvalue weighted by Crippen LogP contribution is -2.46. The first-order chi connectivity index (χ1) is 7.63. The molecule has 0 aliphatic heterocycles. The third-order valence-corrected chi connectivity index (χ3v) is 2.16. The second-order valence-corrected chi connectivity index (χ2v) is 3.55. The molecule has 0 aliphatic rings. The Bertz CT molecular complexity index is 360. The minimum absolute atomic E-state index is 0. The van der Waals surface area contributed by atoms with E-state index in [1.165, 1.54) is 0 Å². The zero-order chi connectivity index (χ0) is 12.0. The number of nitrogens with one attached hydrogen (secondary N) is 2. The van der Waals surface area contributed by atoms with Crippen LogP contribution in [0.15, 0.2) is 24.3 Å². The second-order valence-electron chi connectivity index (χ2n) is 3.55. The molecule has 0 heterocycles. The largest absolute Gasteiger partial charge is 0.496 e. The lowest BCUT2D eigenvalue weighted by atomic mass is 10.1. The number of benzene rings is 1. The average molecular weight is 260 g/mol. The molecule has 0 spiro atoms. The number of carbonyl (C=O) groups excluding carboxylic acids is 1. The van der Waals surface area contributed by atoms with Gasteiger partial charge in [-0.05, 0) is 25.0 Å². The summed E-state index contributed by atoms with van der Waals surface area (Å²) in [5.41, 5.74) is 11.2. The molecule has 1 unspecified atom stereocenters. The highest BCUT2D eigenvalue weighted by Crippen LogP contribution is 2.18. The van der Waals surface area contributed by atoms with E-state index >= 15 is 0 Å². The Morgan fingerprint density at radius 2 is 2.12 bits per heavy atom. The Labute approximate surface area is 107 Å². The molecule has 0 saturated heterocycles. The second kappa shape index (κ2) is 7.76. The van der Waals surface area contributed by atoms with Crippen LogP contribution >= 0.6 is 12.4 Å². The van der Waals surface area contributed by atoms with Gasteiger partial charge in [-0.25, -0.2) is 10.2 Å². The van der Waals surface area contributed by atoms with Gasteiger partial charge in [0.05, 0.1) is 7.11 Å². The number of hydrazine groups is 1. The van der Waals surface area contributed by atoms with E-state index in [4.69, 9.17) is 10.5 Å². The van der Waals surface area contributed by atoms with Crippen LogP contribution in [0, 0.1) is 0 Å². The smallest absolute Gasteiger partial charge is 0.326 e. The fraction of sp³-hybridized carbons (Fsp3) is 0.364. The molecule has 1 aromatic carbocycles. The van der Waals surface area contributed by atoms with Gasteiger partial charge in [-0.3, -0.25) is 5.43 Å². The van der Waals surface area contributed by atoms with Gasteiger partial charge in [0.15, 0.2) is 0 Å². The predicted molar refractivity (Wildman–Crippen MR) is 69.3 cm³/mol. The van der Waals surface area contributed by atoms with Crippen molar-refractivity contribution in [2.75, 3.05) is 7.11 Å². The molecule has 0 fully saturated rings. The average Bonchev–Trinajstić information content (AvgIpc) is 2.27. The molecular formula is C11H18ClN3O2. The van der Waals surface area contributed by atoms with E-state index < -0.39 is 6.03 Å². The molecule has 17 heavy (non-hydrogen) atoms. The van der Waals surface area contributed by atoms with Crippen LogP contribution in [0.4, 0.5) is 4.79 Å². The summed E-state index contributed by atoms with van der Waals surface area (Å²) in [6.07, 6.45) is 0.740. The number of hydrogen-bond donors (Lipinski definition) is 3. The zero-order valence-corrected chi connectivity index (χ0v) is 10.7. The number of hydrogen-bond acceptors (Lipinski definition) is 3. The van der Waals surface area contributed by atoms with E-state index in [0.29, 0.717) is 0 Å². The number of methoxy groups -OCH3 is 1. The topological polar surface area (TPSA) is 76.4 Å². The predicted octanol–water partition coefficient (Wildman–Crippen LogP) is 1.22. The fourth-order valence-electron chi connectivity index (χ4n) is 1.45. The first kappa shape index (κ1) is 15.5. The van der Waals surface area contributed by atoms with Crippen LogP contribution < -0.4 is 21.3 Å². The van der Waals surface area contributed by atoms with Gasteiger partial charge < -0.3 is 10.5 Å². The minimum Gasteiger partial charge on any atom is -0.496 e. The molecule has 1 atom stereocenters. The van der Waals surface area contributed by atoms with E-state index in [1.807, 2.05) is 31.2 Å². The number of primary amides is 1. The van der Waals surface area contributed by atoms with E-state index in [-0.39, 0.29) is 18.4 Å². The standard InChI is InChI=1S/C11H17N3O2.ClH/c1-8(13-14-11(12)15)7-9-5-3-4-6-10(9)16-2;/h3-6,8,13H,7H2,1-2H3,(H3,12,14,15);1H. The molecule has 4 N–H and O–H groups in total. The van der Waals surface area contributed by atoms with Crippen LogP contribution in [0.25, 0.3) is 0 Å². The van der Waals surface area contributed by atoms with Crippen molar-refractivity contribution in [3.05, 3.63) is 29.8 Å². The van der Waals surface area contributed by atoms with Crippen LogP contribution in [-0.4, -0.2) is 19.2 Å². The summed E-state index contributed by atoms with van der Waals surface area (Å²) in [4.78, 5) is 10.5. The monoisotopic (exact) mass is 259 g/mol. The Kier molecular flexibility index (Phi) is 7.09. The summed E-state index contributed by atoms with van der Waals surface area (Å²) in [5, 5.41) is 0. The number of nitrogens with two attached hydrogens (primary N) is 1. The zero-order valence-electron chi connectivity index (χ0n) is 9.90. The van der Waals surface area contributed by atoms with Crippen molar-refractivity contribution in [1.82, 2.24) is 10.9 Å². The van der Waals surface area contributed by atoms with Crippen LogP contribution in [0.5, 0.6) is 5.75 Å². The van der Waals surface area contributed by atoms with Crippen molar-refractivity contribution >= 4 is 18.4 Å². The molecule has 0 radical (unpaired) electrons. The Morgan fingerprint density at radius 3 is 2.71 bits per heavy atom. The number of amides is 2. The molecule has 0 aliphatic carbocycles. The maximum Gasteiger partial charge on any atom is 0.326 e. The van der Waals surface area contributed by atoms with Gasteiger partial charge in [0, 0.05) is 6.04 Å². The Balaban J connectivity index is 0.00000256. The van der Waals surface area contributed by atoms with Crippen LogP contribution in [0.3, 0.4) is 0 Å². The number of rotatable bonds is 5. The summed E-state index contributed by atoms with van der Waals surface area (Å²) in [5.74, 6) is 0.843. The molecular weight excluding hydrogens is 242 g/mol. The lowest BCUT2D eigenvalue weighted by molar-refractivity contribution is 0.242. The SMILES string of the molecule is COc1ccccc1CC(C)NNC(N)=O.Cl. The number of halogens is 1. The van der Waals surface area contributed by atoms with E-state index in [0.717, 1.165) is 17.7 Å². The van der Waals surface area contributed by atoms with Gasteiger partial charge >= 0.3 is 6.03 Å². The Hall–Kier alpha value is -1.46. The molecule has 96 valence electrons. The summed E-state index contributed by atoms with van der Waals surface area (Å²) < 4.78 is 5.23. The number of urea groups is 1. The van der Waals surface area contributed by atoms with Gasteiger partial charge in [-0.2, -0.15) is 0 Å². The molecule has 0 bridgehead atoms. The van der Waals surface area contributed by atoms with Gasteiger partial charge in [-0.15, -0.1) is 12.4 Å². The summed E-state index contributed by atoms with van der Waals surface area (Å²) in [6, 6.07) is 7.25. The minimum atomic E-state index is -0.591. The molecule has 1 rings (SSSR count). The molecule has 5 nitrogen and oxygen atoms in total. The maximum absolute atomic E-state index is 10.5. The van der Waals surface area contributed by atoms with Crippen LogP contribution in [0.2, 0.25) is 0 Å². The van der Waals surface area contributed by atoms with Crippen LogP contribution in [0.1, 0.15) is 12.5 Å². The van der Waals surface area contributed by atoms with Crippen molar-refractivity contribution in [2.24, 2.45) is 5.73 Å². The number of ether oxygens (including phenoxy) is 1. The summed E-state index contributed by atoms with van der Waals surface area (Å²) in [7, 11) is 1.64. The normalized spacial score (nSPS) is 11.2. The third-order valence-electron chi connectivity index (χ3n) is 2.16. The van der Waals surface area contributed by atoms with E-state index in [9.17, 15) is 4.79 Å². The first-order valence-corrected chi connectivity index (χ1v) is 5.06. The molecule has 6 heteroatoms. The molecule has 2 amide bonds. The highest BCUT2D eigenvalue weighted by Gasteiger charge is 2.07. The van der Waals surface area contributed by atoms with Crippen molar-refractivity contribution in [1.29, 1.82) is 0 Å². The quantitative estimate of drug-likeness (QED) is 0.696. The number of carbonyl (C=O) groups is 1. The van der Waals surface area contributed by atoms with Gasteiger partial charge in [0.25, 0.3) is 0 Å². The fourth-order valence-corrected chi connectivity index (χ4v) is 1.45. The Morgan fingerprint density at radius 1 is 1.47 bits per heavy atom. The first-order valence-electron chi connectivity index (χ1n) is 5.06. The molecule has 0 aromatic heterocycles. The van der Waals surface area contributed by atoms with E-state index in [1.54, 1.807) is 7.11 Å². The van der Waals surface area contributed by atoms with Gasteiger partial charge in [0.1, 0.15) is 5.75 Å². The van der Waals surface area contributed by atoms with Crippen molar-refractivity contribution in [3.8, 4) is 5.75 Å². The van der Waals surface area contributed by atoms with Gasteiger partial charge in [0.2, 0.25) is 0 Å². The third kappa shape index (κ3) is 5.42. The maximum atomic E-state index is 10.5. The number of para-hydroxylation sites is 1. The summed E-state index contributed by atoms with van der Waals surface area (Å²) >= 11 is 0. The van der Waals surface area contributed by atoms with Gasteiger partial charge in [-0.1, -0.05) is 18.2 Å².